The van der Waals surface area contributed by atoms with Crippen LogP contribution in [-0.4, -0.2) is 30.8 Å². The average Bonchev–Trinajstić information content (AvgIpc) is 3.14. The van der Waals surface area contributed by atoms with E-state index in [-0.39, 0.29) is 6.03 Å². The van der Waals surface area contributed by atoms with Crippen LogP contribution in [0.25, 0.3) is 0 Å². The van der Waals surface area contributed by atoms with Crippen LogP contribution in [0.15, 0.2) is 43.0 Å². The number of H-pyrrole nitrogens is 1. The van der Waals surface area contributed by atoms with Crippen LogP contribution in [-0.2, 0) is 6.54 Å². The highest BCUT2D eigenvalue weighted by Gasteiger charge is 2.05. The molecule has 0 aliphatic carbocycles. The van der Waals surface area contributed by atoms with Gasteiger partial charge in [0.15, 0.2) is 0 Å². The van der Waals surface area contributed by atoms with Gasteiger partial charge in [-0.1, -0.05) is 0 Å². The number of urea groups is 1. The number of amides is 2. The fraction of sp³-hybridized carbons (Fsp3) is 0.143. The minimum atomic E-state index is -0.357. The summed E-state index contributed by atoms with van der Waals surface area (Å²) in [6, 6.07) is 4.98. The quantitative estimate of drug-likeness (QED) is 0.685. The average molecular weight is 297 g/mol. The number of hydrogen-bond acceptors (Lipinski definition) is 4. The van der Waals surface area contributed by atoms with Crippen LogP contribution in [0.2, 0.25) is 0 Å². The fourth-order valence-corrected chi connectivity index (χ4v) is 1.95. The van der Waals surface area contributed by atoms with E-state index in [1.807, 2.05) is 23.8 Å². The molecule has 0 radical (unpaired) electrons. The van der Waals surface area contributed by atoms with Crippen LogP contribution >= 0.6 is 0 Å². The van der Waals surface area contributed by atoms with Crippen LogP contribution in [0.5, 0.6) is 0 Å². The molecule has 0 fully saturated rings. The predicted molar refractivity (Wildman–Crippen MR) is 81.5 cm³/mol. The third-order valence-electron chi connectivity index (χ3n) is 3.09. The van der Waals surface area contributed by atoms with Gasteiger partial charge in [0, 0.05) is 18.5 Å². The molecule has 0 unspecified atom stereocenters. The second-order valence-corrected chi connectivity index (χ2v) is 4.69. The van der Waals surface area contributed by atoms with Crippen molar-refractivity contribution >= 4 is 17.5 Å². The van der Waals surface area contributed by atoms with Gasteiger partial charge in [0.1, 0.15) is 11.6 Å². The first-order chi connectivity index (χ1) is 10.7. The van der Waals surface area contributed by atoms with Gasteiger partial charge in [-0.25, -0.2) is 9.78 Å². The van der Waals surface area contributed by atoms with Crippen molar-refractivity contribution in [3.63, 3.8) is 0 Å². The van der Waals surface area contributed by atoms with E-state index in [4.69, 9.17) is 0 Å². The molecule has 8 heteroatoms. The molecule has 0 aromatic carbocycles. The van der Waals surface area contributed by atoms with E-state index in [0.717, 1.165) is 11.5 Å². The van der Waals surface area contributed by atoms with Crippen molar-refractivity contribution < 1.29 is 4.79 Å². The van der Waals surface area contributed by atoms with Gasteiger partial charge in [0.25, 0.3) is 0 Å². The van der Waals surface area contributed by atoms with Crippen molar-refractivity contribution in [2.24, 2.45) is 0 Å². The molecule has 3 rings (SSSR count). The van der Waals surface area contributed by atoms with Gasteiger partial charge in [0.2, 0.25) is 0 Å². The molecule has 3 N–H and O–H groups in total. The van der Waals surface area contributed by atoms with Gasteiger partial charge >= 0.3 is 6.03 Å². The van der Waals surface area contributed by atoms with Gasteiger partial charge in [0.05, 0.1) is 30.3 Å². The molecule has 0 aliphatic heterocycles. The standard InChI is InChI=1S/C14H15N7O/c1-10-15-6-7-21(10)9-12-3-2-11(8-16-12)18-14(22)19-13-4-5-17-20-13/h2-8H,9H2,1H3,(H3,17,18,19,20,22). The Labute approximate surface area is 126 Å². The minimum Gasteiger partial charge on any atom is -0.329 e. The number of aromatic nitrogens is 5. The fourth-order valence-electron chi connectivity index (χ4n) is 1.95. The summed E-state index contributed by atoms with van der Waals surface area (Å²) in [6.07, 6.45) is 6.84. The molecule has 3 heterocycles. The molecule has 2 amide bonds. The smallest absolute Gasteiger partial charge is 0.324 e. The molecule has 3 aromatic heterocycles. The molecule has 0 aliphatic rings. The highest BCUT2D eigenvalue weighted by molar-refractivity contribution is 5.98. The first kappa shape index (κ1) is 13.8. The van der Waals surface area contributed by atoms with Gasteiger partial charge in [-0.15, -0.1) is 0 Å². The van der Waals surface area contributed by atoms with E-state index in [9.17, 15) is 4.79 Å². The zero-order valence-corrected chi connectivity index (χ0v) is 11.9. The molecule has 0 spiro atoms. The second kappa shape index (κ2) is 6.08. The van der Waals surface area contributed by atoms with Crippen LogP contribution in [0.1, 0.15) is 11.5 Å². The monoisotopic (exact) mass is 297 g/mol. The highest BCUT2D eigenvalue weighted by atomic mass is 16.2. The number of rotatable bonds is 4. The Hall–Kier alpha value is -3.16. The summed E-state index contributed by atoms with van der Waals surface area (Å²) in [5.74, 6) is 1.46. The first-order valence-corrected chi connectivity index (χ1v) is 6.71. The highest BCUT2D eigenvalue weighted by Crippen LogP contribution is 2.09. The number of anilines is 2. The van der Waals surface area contributed by atoms with Crippen molar-refractivity contribution in [3.05, 3.63) is 54.5 Å². The van der Waals surface area contributed by atoms with Crippen molar-refractivity contribution in [2.75, 3.05) is 10.6 Å². The molecule has 112 valence electrons. The van der Waals surface area contributed by atoms with Gasteiger partial charge < -0.3 is 9.88 Å². The lowest BCUT2D eigenvalue weighted by molar-refractivity contribution is 0.262. The third-order valence-corrected chi connectivity index (χ3v) is 3.09. The van der Waals surface area contributed by atoms with Crippen LogP contribution in [0, 0.1) is 6.92 Å². The van der Waals surface area contributed by atoms with Crippen molar-refractivity contribution in [2.45, 2.75) is 13.5 Å². The Balaban J connectivity index is 1.59. The summed E-state index contributed by atoms with van der Waals surface area (Å²) in [5, 5.41) is 11.7. The Morgan fingerprint density at radius 2 is 2.14 bits per heavy atom. The van der Waals surface area contributed by atoms with E-state index >= 15 is 0 Å². The maximum atomic E-state index is 11.8. The normalized spacial score (nSPS) is 10.4. The van der Waals surface area contributed by atoms with Crippen molar-refractivity contribution in [1.29, 1.82) is 0 Å². The number of nitrogens with zero attached hydrogens (tertiary/aromatic N) is 4. The Bertz CT molecular complexity index is 746. The Morgan fingerprint density at radius 3 is 2.77 bits per heavy atom. The number of hydrogen-bond donors (Lipinski definition) is 3. The maximum Gasteiger partial charge on any atom is 0.324 e. The molecule has 22 heavy (non-hydrogen) atoms. The third kappa shape index (κ3) is 3.29. The van der Waals surface area contributed by atoms with E-state index in [1.165, 1.54) is 0 Å². The Morgan fingerprint density at radius 1 is 1.23 bits per heavy atom. The minimum absolute atomic E-state index is 0.357. The zero-order valence-electron chi connectivity index (χ0n) is 11.9. The van der Waals surface area contributed by atoms with Crippen LogP contribution in [0.3, 0.4) is 0 Å². The first-order valence-electron chi connectivity index (χ1n) is 6.71. The van der Waals surface area contributed by atoms with E-state index < -0.39 is 0 Å². The van der Waals surface area contributed by atoms with Gasteiger partial charge in [-0.05, 0) is 19.1 Å². The van der Waals surface area contributed by atoms with E-state index in [1.54, 1.807) is 30.7 Å². The largest absolute Gasteiger partial charge is 0.329 e. The summed E-state index contributed by atoms with van der Waals surface area (Å²) < 4.78 is 2.00. The number of nitrogens with one attached hydrogen (secondary N) is 3. The number of imidazole rings is 1. The lowest BCUT2D eigenvalue weighted by Crippen LogP contribution is -2.19. The molecule has 0 saturated heterocycles. The predicted octanol–water partition coefficient (Wildman–Crippen LogP) is 2.00. The van der Waals surface area contributed by atoms with Crippen molar-refractivity contribution in [3.8, 4) is 0 Å². The zero-order chi connectivity index (χ0) is 15.4. The van der Waals surface area contributed by atoms with E-state index in [0.29, 0.717) is 18.1 Å². The van der Waals surface area contributed by atoms with E-state index in [2.05, 4.69) is 30.8 Å². The summed E-state index contributed by atoms with van der Waals surface area (Å²) >= 11 is 0. The number of carbonyl (C=O) groups excluding carboxylic acids is 1. The molecule has 0 bridgehead atoms. The van der Waals surface area contributed by atoms with Crippen molar-refractivity contribution in [1.82, 2.24) is 24.7 Å². The van der Waals surface area contributed by atoms with Crippen LogP contribution in [0.4, 0.5) is 16.3 Å². The summed E-state index contributed by atoms with van der Waals surface area (Å²) in [7, 11) is 0. The number of carbonyl (C=O) groups is 1. The second-order valence-electron chi connectivity index (χ2n) is 4.69. The molecule has 0 atom stereocenters. The summed E-state index contributed by atoms with van der Waals surface area (Å²) in [5.41, 5.74) is 1.50. The lowest BCUT2D eigenvalue weighted by Gasteiger charge is -2.07. The van der Waals surface area contributed by atoms with Gasteiger partial charge in [-0.2, -0.15) is 5.10 Å². The molecule has 0 saturated carbocycles. The number of aryl methyl sites for hydroxylation is 1. The maximum absolute atomic E-state index is 11.8. The summed E-state index contributed by atoms with van der Waals surface area (Å²) in [6.45, 7) is 2.59. The number of pyridine rings is 1. The summed E-state index contributed by atoms with van der Waals surface area (Å²) in [4.78, 5) is 20.3. The molecule has 8 nitrogen and oxygen atoms in total. The topological polar surface area (TPSA) is 101 Å². The molecular weight excluding hydrogens is 282 g/mol. The van der Waals surface area contributed by atoms with Gasteiger partial charge in [-0.3, -0.25) is 15.4 Å². The molecular formula is C14H15N7O. The van der Waals surface area contributed by atoms with Crippen LogP contribution < -0.4 is 10.6 Å². The Kier molecular flexibility index (Phi) is 3.82. The molecule has 3 aromatic rings. The lowest BCUT2D eigenvalue weighted by atomic mass is 10.3. The SMILES string of the molecule is Cc1nccn1Cc1ccc(NC(=O)Nc2ccn[nH]2)cn1. The number of aromatic amines is 1.